The Hall–Kier alpha value is -0.960. The van der Waals surface area contributed by atoms with E-state index in [0.717, 1.165) is 0 Å². The summed E-state index contributed by atoms with van der Waals surface area (Å²) in [7, 11) is 0. The molecular formula is C12H17F2N. The van der Waals surface area contributed by atoms with Crippen molar-refractivity contribution in [1.82, 2.24) is 0 Å². The van der Waals surface area contributed by atoms with Gasteiger partial charge in [-0.15, -0.1) is 0 Å². The van der Waals surface area contributed by atoms with Crippen LogP contribution >= 0.6 is 0 Å². The summed E-state index contributed by atoms with van der Waals surface area (Å²) in [5.41, 5.74) is 5.76. The Bertz CT molecular complexity index is 359. The lowest BCUT2D eigenvalue weighted by atomic mass is 9.81. The minimum absolute atomic E-state index is 0.333. The Kier molecular flexibility index (Phi) is 3.45. The molecule has 1 aromatic carbocycles. The van der Waals surface area contributed by atoms with Gasteiger partial charge in [-0.3, -0.25) is 0 Å². The van der Waals surface area contributed by atoms with E-state index in [1.165, 1.54) is 12.1 Å². The fourth-order valence-corrected chi connectivity index (χ4v) is 1.66. The number of benzene rings is 1. The zero-order chi connectivity index (χ0) is 11.6. The van der Waals surface area contributed by atoms with Crippen LogP contribution in [0.3, 0.4) is 0 Å². The fraction of sp³-hybridized carbons (Fsp3) is 0.500. The van der Waals surface area contributed by atoms with Gasteiger partial charge in [0.05, 0.1) is 0 Å². The molecule has 0 radical (unpaired) electrons. The van der Waals surface area contributed by atoms with E-state index in [2.05, 4.69) is 0 Å². The first-order valence-electron chi connectivity index (χ1n) is 5.04. The topological polar surface area (TPSA) is 26.0 Å². The van der Waals surface area contributed by atoms with Crippen molar-refractivity contribution < 1.29 is 8.78 Å². The molecule has 0 fully saturated rings. The second kappa shape index (κ2) is 4.27. The van der Waals surface area contributed by atoms with Gasteiger partial charge in [0.2, 0.25) is 0 Å². The number of halogens is 2. The maximum absolute atomic E-state index is 13.6. The maximum Gasteiger partial charge on any atom is 0.127 e. The summed E-state index contributed by atoms with van der Waals surface area (Å²) in [6.45, 7) is 5.75. The molecule has 84 valence electrons. The van der Waals surface area contributed by atoms with E-state index in [0.29, 0.717) is 24.1 Å². The van der Waals surface area contributed by atoms with E-state index >= 15 is 0 Å². The summed E-state index contributed by atoms with van der Waals surface area (Å²) >= 11 is 0. The normalized spacial score (nSPS) is 11.9. The predicted octanol–water partition coefficient (Wildman–Crippen LogP) is 2.90. The summed E-state index contributed by atoms with van der Waals surface area (Å²) in [5, 5.41) is 0. The van der Waals surface area contributed by atoms with Gasteiger partial charge in [-0.25, -0.2) is 8.78 Å². The van der Waals surface area contributed by atoms with Gasteiger partial charge in [0.1, 0.15) is 11.6 Å². The molecule has 1 nitrogen and oxygen atoms in total. The van der Waals surface area contributed by atoms with Crippen LogP contribution in [0.2, 0.25) is 0 Å². The summed E-state index contributed by atoms with van der Waals surface area (Å²) in [4.78, 5) is 0. The molecular weight excluding hydrogens is 196 g/mol. The van der Waals surface area contributed by atoms with Crippen molar-refractivity contribution in [3.8, 4) is 0 Å². The van der Waals surface area contributed by atoms with Gasteiger partial charge in [0, 0.05) is 0 Å². The average Bonchev–Trinajstić information content (AvgIpc) is 2.11. The second-order valence-electron chi connectivity index (χ2n) is 4.50. The molecule has 0 aliphatic carbocycles. The first-order valence-corrected chi connectivity index (χ1v) is 5.04. The Morgan fingerprint density at radius 3 is 2.33 bits per heavy atom. The van der Waals surface area contributed by atoms with Gasteiger partial charge >= 0.3 is 0 Å². The van der Waals surface area contributed by atoms with Gasteiger partial charge in [0.25, 0.3) is 0 Å². The van der Waals surface area contributed by atoms with Crippen molar-refractivity contribution in [1.29, 1.82) is 0 Å². The second-order valence-corrected chi connectivity index (χ2v) is 4.50. The monoisotopic (exact) mass is 213 g/mol. The van der Waals surface area contributed by atoms with Crippen LogP contribution in [0.4, 0.5) is 8.78 Å². The average molecular weight is 213 g/mol. The molecule has 1 rings (SSSR count). The number of hydrogen-bond donors (Lipinski definition) is 1. The zero-order valence-electron chi connectivity index (χ0n) is 9.40. The molecule has 0 aliphatic heterocycles. The third kappa shape index (κ3) is 2.53. The molecule has 2 N–H and O–H groups in total. The predicted molar refractivity (Wildman–Crippen MR) is 57.8 cm³/mol. The minimum atomic E-state index is -0.423. The number of aryl methyl sites for hydroxylation is 1. The Morgan fingerprint density at radius 2 is 1.80 bits per heavy atom. The molecule has 0 bridgehead atoms. The smallest absolute Gasteiger partial charge is 0.127 e. The summed E-state index contributed by atoms with van der Waals surface area (Å²) in [6.07, 6.45) is 0.631. The molecule has 15 heavy (non-hydrogen) atoms. The fourth-order valence-electron chi connectivity index (χ4n) is 1.66. The van der Waals surface area contributed by atoms with E-state index < -0.39 is 5.41 Å². The SMILES string of the molecule is Cc1cc(F)c(C(C)(C)CCN)cc1F. The highest BCUT2D eigenvalue weighted by Crippen LogP contribution is 2.30. The molecule has 3 heteroatoms. The zero-order valence-corrected chi connectivity index (χ0v) is 9.40. The van der Waals surface area contributed by atoms with E-state index in [1.54, 1.807) is 6.92 Å². The lowest BCUT2D eigenvalue weighted by Crippen LogP contribution is -2.23. The maximum atomic E-state index is 13.6. The van der Waals surface area contributed by atoms with E-state index in [-0.39, 0.29) is 11.6 Å². The van der Waals surface area contributed by atoms with Gasteiger partial charge in [-0.2, -0.15) is 0 Å². The van der Waals surface area contributed by atoms with Crippen molar-refractivity contribution in [2.24, 2.45) is 5.73 Å². The highest BCUT2D eigenvalue weighted by Gasteiger charge is 2.24. The molecule has 0 aliphatic rings. The molecule has 0 aromatic heterocycles. The summed E-state index contributed by atoms with van der Waals surface area (Å²) in [5.74, 6) is -0.719. The molecule has 0 spiro atoms. The standard InChI is InChI=1S/C12H17F2N/c1-8-6-11(14)9(7-10(8)13)12(2,3)4-5-15/h6-7H,4-5,15H2,1-3H3. The highest BCUT2D eigenvalue weighted by atomic mass is 19.1. The molecule has 0 saturated carbocycles. The third-order valence-corrected chi connectivity index (χ3v) is 2.75. The van der Waals surface area contributed by atoms with Crippen LogP contribution in [-0.4, -0.2) is 6.54 Å². The lowest BCUT2D eigenvalue weighted by molar-refractivity contribution is 0.450. The molecule has 0 unspecified atom stereocenters. The van der Waals surface area contributed by atoms with Crippen molar-refractivity contribution in [2.45, 2.75) is 32.6 Å². The van der Waals surface area contributed by atoms with E-state index in [1.807, 2.05) is 13.8 Å². The minimum Gasteiger partial charge on any atom is -0.330 e. The van der Waals surface area contributed by atoms with Crippen LogP contribution < -0.4 is 5.73 Å². The molecule has 0 atom stereocenters. The molecule has 1 aromatic rings. The molecule has 0 heterocycles. The van der Waals surface area contributed by atoms with Crippen LogP contribution in [0, 0.1) is 18.6 Å². The van der Waals surface area contributed by atoms with Gasteiger partial charge in [-0.1, -0.05) is 13.8 Å². The Balaban J connectivity index is 3.19. The summed E-state index contributed by atoms with van der Waals surface area (Å²) < 4.78 is 27.0. The largest absolute Gasteiger partial charge is 0.330 e. The van der Waals surface area contributed by atoms with Crippen LogP contribution in [0.15, 0.2) is 12.1 Å². The first-order chi connectivity index (χ1) is 6.88. The Labute approximate surface area is 89.3 Å². The van der Waals surface area contributed by atoms with E-state index in [9.17, 15) is 8.78 Å². The van der Waals surface area contributed by atoms with Gasteiger partial charge in [0.15, 0.2) is 0 Å². The van der Waals surface area contributed by atoms with Gasteiger partial charge in [-0.05, 0) is 48.6 Å². The van der Waals surface area contributed by atoms with E-state index in [4.69, 9.17) is 5.73 Å². The quantitative estimate of drug-likeness (QED) is 0.820. The first kappa shape index (κ1) is 12.1. The van der Waals surface area contributed by atoms with Crippen molar-refractivity contribution in [2.75, 3.05) is 6.54 Å². The van der Waals surface area contributed by atoms with Crippen LogP contribution in [0.1, 0.15) is 31.4 Å². The lowest BCUT2D eigenvalue weighted by Gasteiger charge is -2.25. The summed E-state index contributed by atoms with van der Waals surface area (Å²) in [6, 6.07) is 2.52. The van der Waals surface area contributed by atoms with Crippen molar-refractivity contribution >= 4 is 0 Å². The number of nitrogens with two attached hydrogens (primary N) is 1. The van der Waals surface area contributed by atoms with Crippen LogP contribution in [0.5, 0.6) is 0 Å². The van der Waals surface area contributed by atoms with Crippen molar-refractivity contribution in [3.05, 3.63) is 34.9 Å². The molecule has 0 amide bonds. The van der Waals surface area contributed by atoms with Gasteiger partial charge < -0.3 is 5.73 Å². The third-order valence-electron chi connectivity index (χ3n) is 2.75. The van der Waals surface area contributed by atoms with Crippen molar-refractivity contribution in [3.63, 3.8) is 0 Å². The molecule has 0 saturated heterocycles. The highest BCUT2D eigenvalue weighted by molar-refractivity contribution is 5.30. The number of hydrogen-bond acceptors (Lipinski definition) is 1. The Morgan fingerprint density at radius 1 is 1.20 bits per heavy atom. The van der Waals surface area contributed by atoms with Crippen LogP contribution in [0.25, 0.3) is 0 Å². The van der Waals surface area contributed by atoms with Crippen LogP contribution in [-0.2, 0) is 5.41 Å². The number of rotatable bonds is 3.